The minimum absolute atomic E-state index is 0. The van der Waals surface area contributed by atoms with Gasteiger partial charge in [0.2, 0.25) is 0 Å². The van der Waals surface area contributed by atoms with Gasteiger partial charge >= 0.3 is 0 Å². The third kappa shape index (κ3) is 2.88. The number of benzene rings is 1. The molecule has 3 rings (SSSR count). The van der Waals surface area contributed by atoms with E-state index in [0.717, 1.165) is 23.2 Å². The predicted molar refractivity (Wildman–Crippen MR) is 82.2 cm³/mol. The van der Waals surface area contributed by atoms with Gasteiger partial charge in [0.1, 0.15) is 0 Å². The molecule has 0 saturated heterocycles. The number of halogens is 3. The number of hydrogen-bond acceptors (Lipinski definition) is 2. The summed E-state index contributed by atoms with van der Waals surface area (Å²) in [6, 6.07) is 2.75. The number of aryl methyl sites for hydroxylation is 1. The van der Waals surface area contributed by atoms with Crippen molar-refractivity contribution in [3.63, 3.8) is 0 Å². The first-order valence-corrected chi connectivity index (χ1v) is 6.96. The van der Waals surface area contributed by atoms with Crippen molar-refractivity contribution in [2.45, 2.75) is 31.8 Å². The van der Waals surface area contributed by atoms with Gasteiger partial charge in [0.25, 0.3) is 0 Å². The first-order chi connectivity index (χ1) is 9.60. The molecule has 3 N–H and O–H groups in total. The van der Waals surface area contributed by atoms with Crippen LogP contribution < -0.4 is 5.73 Å². The lowest BCUT2D eigenvalue weighted by molar-refractivity contribution is 0.421. The quantitative estimate of drug-likeness (QED) is 0.828. The monoisotopic (exact) mass is 331 g/mol. The zero-order chi connectivity index (χ0) is 14.3. The summed E-state index contributed by atoms with van der Waals surface area (Å²) < 4.78 is 29.2. The lowest BCUT2D eigenvalue weighted by Crippen LogP contribution is -2.21. The fraction of sp³-hybridized carbons (Fsp3) is 0.357. The van der Waals surface area contributed by atoms with Crippen LogP contribution in [0.3, 0.4) is 0 Å². The smallest absolute Gasteiger partial charge is 0.177 e. The van der Waals surface area contributed by atoms with E-state index in [2.05, 4.69) is 4.98 Å². The van der Waals surface area contributed by atoms with Crippen molar-refractivity contribution in [3.05, 3.63) is 51.6 Å². The Labute approximate surface area is 132 Å². The number of imidazole rings is 1. The topological polar surface area (TPSA) is 46.7 Å². The standard InChI is InChI=1S/C14H15F2N3S.ClH/c15-12-4-8-1-2-10(3-9(8)5-13(12)16)19-11(6-17)7-18-14(19)20;/h4-5,7,10H,1-3,6,17H2,(H,18,20);1H/t10-;/m0./s1. The Morgan fingerprint density at radius 1 is 1.29 bits per heavy atom. The number of nitrogens with two attached hydrogens (primary N) is 1. The number of aromatic nitrogens is 2. The van der Waals surface area contributed by atoms with E-state index < -0.39 is 11.6 Å². The number of nitrogens with zero attached hydrogens (tertiary/aromatic N) is 1. The molecule has 0 spiro atoms. The van der Waals surface area contributed by atoms with Gasteiger partial charge in [-0.05, 0) is 54.7 Å². The van der Waals surface area contributed by atoms with Crippen LogP contribution in [-0.4, -0.2) is 9.55 Å². The Morgan fingerprint density at radius 2 is 1.95 bits per heavy atom. The van der Waals surface area contributed by atoms with Crippen LogP contribution in [0.15, 0.2) is 18.3 Å². The van der Waals surface area contributed by atoms with Gasteiger partial charge in [-0.25, -0.2) is 8.78 Å². The second kappa shape index (κ2) is 6.25. The average molecular weight is 332 g/mol. The zero-order valence-electron chi connectivity index (χ0n) is 11.2. The molecule has 1 atom stereocenters. The van der Waals surface area contributed by atoms with Crippen molar-refractivity contribution < 1.29 is 8.78 Å². The van der Waals surface area contributed by atoms with Crippen molar-refractivity contribution in [2.75, 3.05) is 0 Å². The van der Waals surface area contributed by atoms with E-state index in [0.29, 0.717) is 24.2 Å². The molecule has 3 nitrogen and oxygen atoms in total. The van der Waals surface area contributed by atoms with Gasteiger partial charge in [-0.2, -0.15) is 0 Å². The number of rotatable bonds is 2. The van der Waals surface area contributed by atoms with Gasteiger partial charge < -0.3 is 15.3 Å². The molecule has 21 heavy (non-hydrogen) atoms. The van der Waals surface area contributed by atoms with Crippen LogP contribution in [0.2, 0.25) is 0 Å². The Kier molecular flexibility index (Phi) is 4.81. The molecule has 1 heterocycles. The Hall–Kier alpha value is -1.24. The first-order valence-electron chi connectivity index (χ1n) is 6.55. The second-order valence-corrected chi connectivity index (χ2v) is 5.48. The van der Waals surface area contributed by atoms with Crippen molar-refractivity contribution in [1.82, 2.24) is 9.55 Å². The SMILES string of the molecule is Cl.NCc1c[nH]c(=S)n1[C@H]1CCc2cc(F)c(F)cc2C1. The Morgan fingerprint density at radius 3 is 2.62 bits per heavy atom. The summed E-state index contributed by atoms with van der Waals surface area (Å²) in [5, 5.41) is 0. The fourth-order valence-electron chi connectivity index (χ4n) is 2.92. The number of fused-ring (bicyclic) bond motifs is 1. The highest BCUT2D eigenvalue weighted by Crippen LogP contribution is 2.31. The van der Waals surface area contributed by atoms with Gasteiger partial charge in [0.15, 0.2) is 16.4 Å². The molecule has 7 heteroatoms. The van der Waals surface area contributed by atoms with Crippen LogP contribution in [-0.2, 0) is 19.4 Å². The average Bonchev–Trinajstić information content (AvgIpc) is 2.81. The predicted octanol–water partition coefficient (Wildman–Crippen LogP) is 3.43. The molecule has 1 aliphatic rings. The fourth-order valence-corrected chi connectivity index (χ4v) is 3.25. The molecule has 0 aliphatic heterocycles. The first kappa shape index (κ1) is 16.1. The largest absolute Gasteiger partial charge is 0.337 e. The molecule has 0 amide bonds. The molecular weight excluding hydrogens is 316 g/mol. The molecule has 1 aromatic heterocycles. The van der Waals surface area contributed by atoms with Crippen LogP contribution in [0.4, 0.5) is 8.78 Å². The molecule has 2 aromatic rings. The molecule has 0 fully saturated rings. The summed E-state index contributed by atoms with van der Waals surface area (Å²) in [4.78, 5) is 2.99. The van der Waals surface area contributed by atoms with Gasteiger partial charge in [0.05, 0.1) is 5.69 Å². The van der Waals surface area contributed by atoms with Crippen LogP contribution in [0.1, 0.15) is 29.3 Å². The Balaban J connectivity index is 0.00000161. The minimum Gasteiger partial charge on any atom is -0.337 e. The number of H-pyrrole nitrogens is 1. The molecular formula is C14H16ClF2N3S. The lowest BCUT2D eigenvalue weighted by Gasteiger charge is -2.27. The molecule has 1 aliphatic carbocycles. The van der Waals surface area contributed by atoms with E-state index in [-0.39, 0.29) is 18.4 Å². The summed E-state index contributed by atoms with van der Waals surface area (Å²) in [6.07, 6.45) is 4.01. The number of nitrogens with one attached hydrogen (secondary N) is 1. The van der Waals surface area contributed by atoms with Crippen molar-refractivity contribution in [2.24, 2.45) is 5.73 Å². The molecule has 1 aromatic carbocycles. The highest BCUT2D eigenvalue weighted by Gasteiger charge is 2.23. The van der Waals surface area contributed by atoms with Gasteiger partial charge in [-0.1, -0.05) is 0 Å². The van der Waals surface area contributed by atoms with Crippen LogP contribution >= 0.6 is 24.6 Å². The summed E-state index contributed by atoms with van der Waals surface area (Å²) in [7, 11) is 0. The van der Waals surface area contributed by atoms with Crippen molar-refractivity contribution in [3.8, 4) is 0 Å². The Bertz CT molecular complexity index is 711. The van der Waals surface area contributed by atoms with E-state index >= 15 is 0 Å². The van der Waals surface area contributed by atoms with Gasteiger partial charge in [-0.3, -0.25) is 0 Å². The molecule has 0 bridgehead atoms. The van der Waals surface area contributed by atoms with Crippen LogP contribution in [0.5, 0.6) is 0 Å². The summed E-state index contributed by atoms with van der Waals surface area (Å²) in [6.45, 7) is 0.397. The normalized spacial score (nSPS) is 17.2. The van der Waals surface area contributed by atoms with Crippen molar-refractivity contribution in [1.29, 1.82) is 0 Å². The molecule has 0 saturated carbocycles. The van der Waals surface area contributed by atoms with E-state index in [9.17, 15) is 8.78 Å². The summed E-state index contributed by atoms with van der Waals surface area (Å²) in [5.74, 6) is -1.57. The number of hydrogen-bond donors (Lipinski definition) is 2. The molecule has 114 valence electrons. The maximum absolute atomic E-state index is 13.4. The minimum atomic E-state index is -0.791. The lowest BCUT2D eigenvalue weighted by atomic mass is 9.88. The molecule has 0 unspecified atom stereocenters. The van der Waals surface area contributed by atoms with E-state index in [4.69, 9.17) is 18.0 Å². The van der Waals surface area contributed by atoms with E-state index in [1.165, 1.54) is 12.1 Å². The zero-order valence-corrected chi connectivity index (χ0v) is 12.9. The third-order valence-electron chi connectivity index (χ3n) is 3.91. The summed E-state index contributed by atoms with van der Waals surface area (Å²) >= 11 is 5.28. The third-order valence-corrected chi connectivity index (χ3v) is 4.22. The number of aromatic amines is 1. The van der Waals surface area contributed by atoms with Gasteiger partial charge in [-0.15, -0.1) is 12.4 Å². The van der Waals surface area contributed by atoms with E-state index in [1.54, 1.807) is 0 Å². The summed E-state index contributed by atoms with van der Waals surface area (Å²) in [5.41, 5.74) is 8.39. The highest BCUT2D eigenvalue weighted by atomic mass is 35.5. The molecule has 0 radical (unpaired) electrons. The maximum Gasteiger partial charge on any atom is 0.177 e. The van der Waals surface area contributed by atoms with Crippen molar-refractivity contribution >= 4 is 24.6 Å². The van der Waals surface area contributed by atoms with E-state index in [1.807, 2.05) is 10.8 Å². The van der Waals surface area contributed by atoms with Gasteiger partial charge in [0, 0.05) is 18.8 Å². The van der Waals surface area contributed by atoms with Crippen LogP contribution in [0.25, 0.3) is 0 Å². The highest BCUT2D eigenvalue weighted by molar-refractivity contribution is 7.71. The maximum atomic E-state index is 13.4. The van der Waals surface area contributed by atoms with Crippen LogP contribution in [0, 0.1) is 16.4 Å². The second-order valence-electron chi connectivity index (χ2n) is 5.09.